The molecule has 47 heavy (non-hydrogen) atoms. The average Bonchev–Trinajstić information content (AvgIpc) is 3.07. The second kappa shape index (κ2) is 19.3. The van der Waals surface area contributed by atoms with Gasteiger partial charge < -0.3 is 33.2 Å². The highest BCUT2D eigenvalue weighted by atomic mass is 16.6. The lowest BCUT2D eigenvalue weighted by atomic mass is 9.98. The van der Waals surface area contributed by atoms with Crippen LogP contribution in [-0.2, 0) is 52.5 Å². The standard InChI is InChI=1S/C34H36O13/c1-3-4-8-15-42-31(37)20-45-34(40)23(2)24-11-12-26-17-28(14-13-25(26)16-24)47-33(39)22-44-30(36)19-41-18-29(35)43-21-32(38)46-27-9-6-5-7-10-27/h5-7,9-14,16-17,23H,3-4,8,15,18-22H2,1-2H3. The molecule has 0 amide bonds. The van der Waals surface area contributed by atoms with E-state index in [4.69, 9.17) is 33.2 Å². The summed E-state index contributed by atoms with van der Waals surface area (Å²) in [6, 6.07) is 18.3. The SMILES string of the molecule is CCCCCOC(=O)COC(=O)C(C)c1ccc2cc(OC(=O)COC(=O)COCC(=O)OCC(=O)Oc3ccccc3)ccc2c1. The molecule has 250 valence electrons. The van der Waals surface area contributed by atoms with Gasteiger partial charge in [-0.2, -0.15) is 0 Å². The molecule has 13 heteroatoms. The molecule has 0 saturated heterocycles. The van der Waals surface area contributed by atoms with Crippen LogP contribution in [0.3, 0.4) is 0 Å². The first-order valence-electron chi connectivity index (χ1n) is 14.9. The molecule has 0 aromatic heterocycles. The van der Waals surface area contributed by atoms with Gasteiger partial charge in [0.05, 0.1) is 12.5 Å². The fraction of sp³-hybridized carbons (Fsp3) is 0.353. The van der Waals surface area contributed by atoms with Crippen molar-refractivity contribution in [2.75, 3.05) is 39.6 Å². The predicted octanol–water partition coefficient (Wildman–Crippen LogP) is 3.83. The van der Waals surface area contributed by atoms with Gasteiger partial charge in [0.1, 0.15) is 24.7 Å². The van der Waals surface area contributed by atoms with Gasteiger partial charge in [-0.1, -0.05) is 62.2 Å². The summed E-state index contributed by atoms with van der Waals surface area (Å²) in [7, 11) is 0. The molecule has 0 aliphatic heterocycles. The van der Waals surface area contributed by atoms with E-state index in [1.54, 1.807) is 67.6 Å². The molecule has 0 bridgehead atoms. The Kier molecular flexibility index (Phi) is 14.8. The Labute approximate surface area is 271 Å². The molecule has 13 nitrogen and oxygen atoms in total. The second-order valence-electron chi connectivity index (χ2n) is 10.1. The van der Waals surface area contributed by atoms with Crippen LogP contribution in [0.15, 0.2) is 66.7 Å². The number of carbonyl (C=O) groups excluding carboxylic acids is 6. The highest BCUT2D eigenvalue weighted by Gasteiger charge is 2.19. The predicted molar refractivity (Wildman–Crippen MR) is 164 cm³/mol. The summed E-state index contributed by atoms with van der Waals surface area (Å²) in [5, 5.41) is 1.47. The Hall–Kier alpha value is -5.30. The number of ether oxygens (including phenoxy) is 7. The average molecular weight is 653 g/mol. The molecule has 0 heterocycles. The fourth-order valence-corrected chi connectivity index (χ4v) is 3.94. The van der Waals surface area contributed by atoms with Crippen LogP contribution in [-0.4, -0.2) is 75.5 Å². The third-order valence-electron chi connectivity index (χ3n) is 6.38. The monoisotopic (exact) mass is 652 g/mol. The number of para-hydroxylation sites is 1. The largest absolute Gasteiger partial charge is 0.463 e. The van der Waals surface area contributed by atoms with Crippen molar-refractivity contribution < 1.29 is 61.9 Å². The summed E-state index contributed by atoms with van der Waals surface area (Å²) in [5.41, 5.74) is 0.663. The molecule has 0 saturated carbocycles. The number of hydrogen-bond acceptors (Lipinski definition) is 13. The summed E-state index contributed by atoms with van der Waals surface area (Å²) in [6.07, 6.45) is 2.71. The van der Waals surface area contributed by atoms with Crippen LogP contribution in [0.4, 0.5) is 0 Å². The Morgan fingerprint density at radius 2 is 1.15 bits per heavy atom. The fourth-order valence-electron chi connectivity index (χ4n) is 3.94. The highest BCUT2D eigenvalue weighted by molar-refractivity contribution is 5.88. The summed E-state index contributed by atoms with van der Waals surface area (Å²) in [4.78, 5) is 71.7. The van der Waals surface area contributed by atoms with E-state index >= 15 is 0 Å². The Morgan fingerprint density at radius 3 is 1.81 bits per heavy atom. The second-order valence-corrected chi connectivity index (χ2v) is 10.1. The minimum absolute atomic E-state index is 0.195. The van der Waals surface area contributed by atoms with E-state index in [0.717, 1.165) is 24.6 Å². The minimum Gasteiger partial charge on any atom is -0.463 e. The molecule has 0 radical (unpaired) electrons. The van der Waals surface area contributed by atoms with E-state index in [0.29, 0.717) is 23.3 Å². The zero-order valence-electron chi connectivity index (χ0n) is 26.1. The first kappa shape index (κ1) is 36.2. The molecule has 1 unspecified atom stereocenters. The number of hydrogen-bond donors (Lipinski definition) is 0. The van der Waals surface area contributed by atoms with E-state index in [-0.39, 0.29) is 5.75 Å². The zero-order chi connectivity index (χ0) is 34.0. The van der Waals surface area contributed by atoms with Crippen LogP contribution in [0.2, 0.25) is 0 Å². The van der Waals surface area contributed by atoms with Crippen molar-refractivity contribution in [2.45, 2.75) is 39.0 Å². The van der Waals surface area contributed by atoms with Crippen LogP contribution >= 0.6 is 0 Å². The Morgan fingerprint density at radius 1 is 0.574 bits per heavy atom. The molecule has 0 N–H and O–H groups in total. The van der Waals surface area contributed by atoms with Crippen molar-refractivity contribution in [3.63, 3.8) is 0 Å². The number of esters is 6. The number of benzene rings is 3. The van der Waals surface area contributed by atoms with Crippen LogP contribution in [0.1, 0.15) is 44.6 Å². The molecular formula is C34H36O13. The van der Waals surface area contributed by atoms with Gasteiger partial charge >= 0.3 is 35.8 Å². The van der Waals surface area contributed by atoms with E-state index in [1.165, 1.54) is 6.07 Å². The third kappa shape index (κ3) is 13.3. The van der Waals surface area contributed by atoms with Crippen molar-refractivity contribution in [1.29, 1.82) is 0 Å². The summed E-state index contributed by atoms with van der Waals surface area (Å²) < 4.78 is 34.8. The molecule has 0 aliphatic rings. The highest BCUT2D eigenvalue weighted by Crippen LogP contribution is 2.26. The Bertz CT molecular complexity index is 1530. The molecular weight excluding hydrogens is 616 g/mol. The quantitative estimate of drug-likeness (QED) is 0.0842. The lowest BCUT2D eigenvalue weighted by Gasteiger charge is -2.13. The summed E-state index contributed by atoms with van der Waals surface area (Å²) in [5.74, 6) is -4.80. The first-order valence-corrected chi connectivity index (χ1v) is 14.9. The molecule has 0 spiro atoms. The van der Waals surface area contributed by atoms with Gasteiger partial charge in [0, 0.05) is 0 Å². The molecule has 1 atom stereocenters. The van der Waals surface area contributed by atoms with Gasteiger partial charge in [0.25, 0.3) is 0 Å². The van der Waals surface area contributed by atoms with E-state index in [9.17, 15) is 28.8 Å². The number of rotatable bonds is 18. The Balaban J connectivity index is 1.35. The molecule has 0 fully saturated rings. The van der Waals surface area contributed by atoms with Crippen LogP contribution in [0.25, 0.3) is 10.8 Å². The van der Waals surface area contributed by atoms with E-state index in [2.05, 4.69) is 0 Å². The van der Waals surface area contributed by atoms with E-state index < -0.39 is 74.8 Å². The van der Waals surface area contributed by atoms with Crippen molar-refractivity contribution in [3.05, 3.63) is 72.3 Å². The smallest absolute Gasteiger partial charge is 0.349 e. The molecule has 0 aliphatic carbocycles. The zero-order valence-corrected chi connectivity index (χ0v) is 26.1. The number of fused-ring (bicyclic) bond motifs is 1. The third-order valence-corrected chi connectivity index (χ3v) is 6.38. The summed E-state index contributed by atoms with van der Waals surface area (Å²) in [6.45, 7) is 0.907. The lowest BCUT2D eigenvalue weighted by Crippen LogP contribution is -2.24. The van der Waals surface area contributed by atoms with Crippen LogP contribution in [0.5, 0.6) is 11.5 Å². The maximum absolute atomic E-state index is 12.5. The maximum atomic E-state index is 12.5. The van der Waals surface area contributed by atoms with Gasteiger partial charge in [-0.3, -0.25) is 4.79 Å². The van der Waals surface area contributed by atoms with Gasteiger partial charge in [-0.05, 0) is 53.9 Å². The minimum atomic E-state index is -0.930. The maximum Gasteiger partial charge on any atom is 0.349 e. The number of unbranched alkanes of at least 4 members (excludes halogenated alkanes) is 2. The van der Waals surface area contributed by atoms with Gasteiger partial charge in [0.2, 0.25) is 0 Å². The van der Waals surface area contributed by atoms with Gasteiger partial charge in [-0.25, -0.2) is 24.0 Å². The van der Waals surface area contributed by atoms with Gasteiger partial charge in [0.15, 0.2) is 19.8 Å². The van der Waals surface area contributed by atoms with Crippen LogP contribution < -0.4 is 9.47 Å². The molecule has 3 aromatic carbocycles. The van der Waals surface area contributed by atoms with Crippen molar-refractivity contribution in [2.24, 2.45) is 0 Å². The van der Waals surface area contributed by atoms with Crippen LogP contribution in [0, 0.1) is 0 Å². The normalized spacial score (nSPS) is 11.2. The first-order chi connectivity index (χ1) is 22.6. The van der Waals surface area contributed by atoms with E-state index in [1.807, 2.05) is 6.92 Å². The van der Waals surface area contributed by atoms with Gasteiger partial charge in [-0.15, -0.1) is 0 Å². The van der Waals surface area contributed by atoms with Crippen molar-refractivity contribution in [3.8, 4) is 11.5 Å². The van der Waals surface area contributed by atoms with Crippen molar-refractivity contribution in [1.82, 2.24) is 0 Å². The lowest BCUT2D eigenvalue weighted by molar-refractivity contribution is -0.162. The van der Waals surface area contributed by atoms with Crippen molar-refractivity contribution >= 4 is 46.6 Å². The topological polar surface area (TPSA) is 167 Å². The molecule has 3 aromatic rings. The molecule has 3 rings (SSSR count). The summed E-state index contributed by atoms with van der Waals surface area (Å²) >= 11 is 0. The number of carbonyl (C=O) groups is 6.